The van der Waals surface area contributed by atoms with Crippen LogP contribution < -0.4 is 0 Å². The average Bonchev–Trinajstić information content (AvgIpc) is 2.04. The number of halogens is 1. The Morgan fingerprint density at radius 2 is 2.25 bits per heavy atom. The maximum atomic E-state index is 12.9. The lowest BCUT2D eigenvalue weighted by atomic mass is 10.2. The van der Waals surface area contributed by atoms with Gasteiger partial charge in [-0.1, -0.05) is 12.0 Å². The fraction of sp³-hybridized carbons (Fsp3) is 0. The van der Waals surface area contributed by atoms with E-state index in [2.05, 4.69) is 0 Å². The first-order valence-corrected chi connectivity index (χ1v) is 3.06. The molecular formula is C8H4FNO2. The van der Waals surface area contributed by atoms with E-state index >= 15 is 0 Å². The molecule has 0 saturated carbocycles. The molecule has 0 aliphatic carbocycles. The highest BCUT2D eigenvalue weighted by Gasteiger charge is 2.15. The monoisotopic (exact) mass is 165 g/mol. The van der Waals surface area contributed by atoms with Crippen molar-refractivity contribution in [1.29, 1.82) is 0 Å². The number of hydrogen-bond acceptors (Lipinski definition) is 2. The number of benzene rings is 1. The summed E-state index contributed by atoms with van der Waals surface area (Å²) in [6, 6.07) is 3.72. The standard InChI is InChI=1S/C8H4FNO2/c1-2-6-4-3-5-7(8(6)9)10(11)12/h1,3-5H. The zero-order valence-corrected chi connectivity index (χ0v) is 5.95. The number of terminal acetylenes is 1. The van der Waals surface area contributed by atoms with Crippen LogP contribution in [-0.4, -0.2) is 4.92 Å². The Labute approximate surface area is 68.0 Å². The van der Waals surface area contributed by atoms with Crippen LogP contribution in [0.25, 0.3) is 0 Å². The third-order valence-electron chi connectivity index (χ3n) is 1.33. The summed E-state index contributed by atoms with van der Waals surface area (Å²) in [7, 11) is 0. The van der Waals surface area contributed by atoms with Crippen molar-refractivity contribution in [3.8, 4) is 12.3 Å². The molecule has 60 valence electrons. The Morgan fingerprint density at radius 3 is 2.75 bits per heavy atom. The van der Waals surface area contributed by atoms with Crippen molar-refractivity contribution in [2.45, 2.75) is 0 Å². The molecule has 0 N–H and O–H groups in total. The Kier molecular flexibility index (Phi) is 2.06. The van der Waals surface area contributed by atoms with E-state index in [1.807, 2.05) is 5.92 Å². The molecule has 0 aliphatic heterocycles. The predicted molar refractivity (Wildman–Crippen MR) is 41.0 cm³/mol. The number of nitro benzene ring substituents is 1. The summed E-state index contributed by atoms with van der Waals surface area (Å²) in [6.07, 6.45) is 4.91. The number of hydrogen-bond donors (Lipinski definition) is 0. The first-order valence-electron chi connectivity index (χ1n) is 3.06. The van der Waals surface area contributed by atoms with Gasteiger partial charge in [-0.05, 0) is 6.07 Å². The van der Waals surface area contributed by atoms with Crippen molar-refractivity contribution >= 4 is 5.69 Å². The molecule has 0 radical (unpaired) electrons. The summed E-state index contributed by atoms with van der Waals surface area (Å²) in [5.74, 6) is 1.06. The van der Waals surface area contributed by atoms with Crippen LogP contribution in [0.4, 0.5) is 10.1 Å². The molecule has 0 spiro atoms. The van der Waals surface area contributed by atoms with Crippen molar-refractivity contribution in [2.75, 3.05) is 0 Å². The fourth-order valence-corrected chi connectivity index (χ4v) is 0.772. The van der Waals surface area contributed by atoms with Gasteiger partial charge in [0.25, 0.3) is 0 Å². The zero-order chi connectivity index (χ0) is 9.14. The van der Waals surface area contributed by atoms with Gasteiger partial charge in [-0.2, -0.15) is 4.39 Å². The smallest absolute Gasteiger partial charge is 0.258 e. The lowest BCUT2D eigenvalue weighted by Gasteiger charge is -1.94. The molecule has 1 aromatic carbocycles. The Bertz CT molecular complexity index is 368. The second kappa shape index (κ2) is 3.01. The molecule has 0 saturated heterocycles. The Balaban J connectivity index is 3.35. The van der Waals surface area contributed by atoms with Crippen molar-refractivity contribution < 1.29 is 9.31 Å². The largest absolute Gasteiger partial charge is 0.306 e. The van der Waals surface area contributed by atoms with Gasteiger partial charge in [0.1, 0.15) is 0 Å². The highest BCUT2D eigenvalue weighted by atomic mass is 19.1. The van der Waals surface area contributed by atoms with Gasteiger partial charge in [-0.25, -0.2) is 0 Å². The molecule has 0 bridgehead atoms. The summed E-state index contributed by atoms with van der Waals surface area (Å²) >= 11 is 0. The van der Waals surface area contributed by atoms with Crippen LogP contribution in [0.3, 0.4) is 0 Å². The van der Waals surface area contributed by atoms with E-state index in [9.17, 15) is 14.5 Å². The van der Waals surface area contributed by atoms with E-state index in [0.717, 1.165) is 6.07 Å². The molecule has 0 fully saturated rings. The highest BCUT2D eigenvalue weighted by Crippen LogP contribution is 2.18. The predicted octanol–water partition coefficient (Wildman–Crippen LogP) is 1.72. The minimum atomic E-state index is -0.954. The van der Waals surface area contributed by atoms with Crippen LogP contribution in [-0.2, 0) is 0 Å². The van der Waals surface area contributed by atoms with E-state index in [0.29, 0.717) is 0 Å². The molecule has 1 aromatic rings. The number of rotatable bonds is 1. The average molecular weight is 165 g/mol. The lowest BCUT2D eigenvalue weighted by molar-refractivity contribution is -0.387. The second-order valence-corrected chi connectivity index (χ2v) is 2.04. The highest BCUT2D eigenvalue weighted by molar-refractivity contribution is 5.43. The van der Waals surface area contributed by atoms with Crippen molar-refractivity contribution in [3.05, 3.63) is 39.7 Å². The van der Waals surface area contributed by atoms with Crippen LogP contribution in [0.2, 0.25) is 0 Å². The Morgan fingerprint density at radius 1 is 1.58 bits per heavy atom. The summed E-state index contributed by atoms with van der Waals surface area (Å²) in [6.45, 7) is 0. The molecule has 0 amide bonds. The normalized spacial score (nSPS) is 9.00. The minimum Gasteiger partial charge on any atom is -0.258 e. The van der Waals surface area contributed by atoms with E-state index < -0.39 is 16.4 Å². The van der Waals surface area contributed by atoms with Gasteiger partial charge in [0.05, 0.1) is 10.5 Å². The number of nitro groups is 1. The number of nitrogens with zero attached hydrogens (tertiary/aromatic N) is 1. The van der Waals surface area contributed by atoms with Gasteiger partial charge in [0, 0.05) is 6.07 Å². The van der Waals surface area contributed by atoms with Gasteiger partial charge in [-0.3, -0.25) is 10.1 Å². The third kappa shape index (κ3) is 1.25. The van der Waals surface area contributed by atoms with Gasteiger partial charge < -0.3 is 0 Å². The van der Waals surface area contributed by atoms with Crippen LogP contribution in [0.1, 0.15) is 5.56 Å². The fourth-order valence-electron chi connectivity index (χ4n) is 0.772. The summed E-state index contributed by atoms with van der Waals surface area (Å²) in [4.78, 5) is 9.38. The van der Waals surface area contributed by atoms with Crippen molar-refractivity contribution in [1.82, 2.24) is 0 Å². The van der Waals surface area contributed by atoms with Crippen molar-refractivity contribution in [2.24, 2.45) is 0 Å². The van der Waals surface area contributed by atoms with E-state index in [4.69, 9.17) is 6.42 Å². The first kappa shape index (κ1) is 8.21. The molecule has 0 atom stereocenters. The topological polar surface area (TPSA) is 43.1 Å². The minimum absolute atomic E-state index is 0.0933. The summed E-state index contributed by atoms with van der Waals surface area (Å²) in [5, 5.41) is 10.2. The molecule has 0 unspecified atom stereocenters. The van der Waals surface area contributed by atoms with Gasteiger partial charge in [0.15, 0.2) is 0 Å². The maximum Gasteiger partial charge on any atom is 0.306 e. The molecule has 0 aromatic heterocycles. The summed E-state index contributed by atoms with van der Waals surface area (Å²) < 4.78 is 12.9. The van der Waals surface area contributed by atoms with Crippen LogP contribution >= 0.6 is 0 Å². The van der Waals surface area contributed by atoms with E-state index in [-0.39, 0.29) is 5.56 Å². The van der Waals surface area contributed by atoms with Gasteiger partial charge >= 0.3 is 5.69 Å². The quantitative estimate of drug-likeness (QED) is 0.361. The third-order valence-corrected chi connectivity index (χ3v) is 1.33. The summed E-state index contributed by atoms with van der Waals surface area (Å²) in [5.41, 5.74) is -0.686. The van der Waals surface area contributed by atoms with Crippen LogP contribution in [0.15, 0.2) is 18.2 Å². The van der Waals surface area contributed by atoms with Crippen LogP contribution in [0, 0.1) is 28.3 Å². The molecule has 12 heavy (non-hydrogen) atoms. The lowest BCUT2D eigenvalue weighted by Crippen LogP contribution is -1.94. The van der Waals surface area contributed by atoms with Crippen LogP contribution in [0.5, 0.6) is 0 Å². The van der Waals surface area contributed by atoms with E-state index in [1.165, 1.54) is 12.1 Å². The second-order valence-electron chi connectivity index (χ2n) is 2.04. The van der Waals surface area contributed by atoms with E-state index in [1.54, 1.807) is 0 Å². The molecule has 3 nitrogen and oxygen atoms in total. The molecule has 1 rings (SSSR count). The molecule has 0 aliphatic rings. The Hall–Kier alpha value is -1.89. The first-order chi connectivity index (χ1) is 5.66. The van der Waals surface area contributed by atoms with Gasteiger partial charge in [0.2, 0.25) is 5.82 Å². The zero-order valence-electron chi connectivity index (χ0n) is 5.95. The molecule has 0 heterocycles. The SMILES string of the molecule is C#Cc1cccc([N+](=O)[O-])c1F. The molecular weight excluding hydrogens is 161 g/mol. The van der Waals surface area contributed by atoms with Gasteiger partial charge in [-0.15, -0.1) is 6.42 Å². The maximum absolute atomic E-state index is 12.9. The molecule has 4 heteroatoms. The van der Waals surface area contributed by atoms with Crippen molar-refractivity contribution in [3.63, 3.8) is 0 Å².